The van der Waals surface area contributed by atoms with Crippen molar-refractivity contribution in [2.45, 2.75) is 49.3 Å². The number of nitrogens with zero attached hydrogens (tertiary/aromatic N) is 4. The molecular formula is C15H25N5O15P2. The smallest absolute Gasteiger partial charge is 0.394 e. The lowest BCUT2D eigenvalue weighted by Crippen LogP contribution is -2.45. The van der Waals surface area contributed by atoms with Gasteiger partial charge in [-0.1, -0.05) is 0 Å². The summed E-state index contributed by atoms with van der Waals surface area (Å²) >= 11 is 0. The molecular weight excluding hydrogens is 552 g/mol. The predicted molar refractivity (Wildman–Crippen MR) is 116 cm³/mol. The number of ketones is 1. The number of imidazole rings is 1. The Balaban J connectivity index is 0.000000458. The van der Waals surface area contributed by atoms with Gasteiger partial charge in [-0.3, -0.25) is 9.36 Å². The molecule has 20 nitrogen and oxygen atoms in total. The third-order valence-electron chi connectivity index (χ3n) is 4.85. The van der Waals surface area contributed by atoms with Crippen LogP contribution in [0, 0.1) is 0 Å². The van der Waals surface area contributed by atoms with Crippen molar-refractivity contribution in [2.75, 3.05) is 12.3 Å². The zero-order valence-electron chi connectivity index (χ0n) is 18.4. The maximum Gasteiger partial charge on any atom is 0.478 e. The van der Waals surface area contributed by atoms with E-state index in [1.54, 1.807) is 0 Å². The normalized spacial score (nSPS) is 24.8. The number of nitrogens with two attached hydrogens (primary N) is 1. The van der Waals surface area contributed by atoms with Gasteiger partial charge in [-0.15, -0.1) is 0 Å². The molecule has 210 valence electrons. The molecule has 22 heteroatoms. The summed E-state index contributed by atoms with van der Waals surface area (Å²) < 4.78 is 29.1. The lowest BCUT2D eigenvalue weighted by molar-refractivity contribution is -0.144. The van der Waals surface area contributed by atoms with E-state index < -0.39 is 77.3 Å². The lowest BCUT2D eigenvalue weighted by atomic mass is 9.98. The number of fused-ring (bicyclic) bond motifs is 1. The number of carbonyl (C=O) groups is 1. The molecule has 2 aromatic rings. The number of Topliss-reactive ketones (excluding diaryl/α,β-unsaturated/α-hetero) is 1. The Morgan fingerprint density at radius 2 is 1.68 bits per heavy atom. The van der Waals surface area contributed by atoms with Crippen LogP contribution >= 0.6 is 15.6 Å². The minimum Gasteiger partial charge on any atom is -0.394 e. The fraction of sp³-hybridized carbons (Fsp3) is 0.600. The van der Waals surface area contributed by atoms with Gasteiger partial charge in [0.25, 0.3) is 0 Å². The number of nitrogen functional groups attached to an aromatic ring is 1. The molecule has 1 aliphatic heterocycles. The fourth-order valence-electron chi connectivity index (χ4n) is 3.15. The Morgan fingerprint density at radius 1 is 1.08 bits per heavy atom. The summed E-state index contributed by atoms with van der Waals surface area (Å²) in [5, 5.41) is 58.1. The molecule has 37 heavy (non-hydrogen) atoms. The summed E-state index contributed by atoms with van der Waals surface area (Å²) in [6, 6.07) is 0. The highest BCUT2D eigenvalue weighted by molar-refractivity contribution is 7.60. The third kappa shape index (κ3) is 8.24. The minimum absolute atomic E-state index is 0.114. The Morgan fingerprint density at radius 3 is 2.19 bits per heavy atom. The summed E-state index contributed by atoms with van der Waals surface area (Å²) in [5.74, 6) is -0.831. The van der Waals surface area contributed by atoms with E-state index in [1.165, 1.54) is 17.2 Å². The number of aliphatic hydroxyl groups is 6. The van der Waals surface area contributed by atoms with Crippen molar-refractivity contribution in [3.05, 3.63) is 12.7 Å². The molecule has 1 aliphatic rings. The van der Waals surface area contributed by atoms with E-state index in [2.05, 4.69) is 19.3 Å². The summed E-state index contributed by atoms with van der Waals surface area (Å²) in [6.07, 6.45) is -8.99. The van der Waals surface area contributed by atoms with Crippen LogP contribution in [0.5, 0.6) is 0 Å². The number of ether oxygens (including phenoxy) is 1. The number of anilines is 1. The van der Waals surface area contributed by atoms with Crippen LogP contribution in [0.4, 0.5) is 5.82 Å². The molecule has 0 amide bonds. The highest BCUT2D eigenvalue weighted by Gasteiger charge is 2.46. The van der Waals surface area contributed by atoms with Crippen LogP contribution in [0.3, 0.4) is 0 Å². The first-order chi connectivity index (χ1) is 17.0. The van der Waals surface area contributed by atoms with Gasteiger partial charge in [0.1, 0.15) is 42.4 Å². The first-order valence-corrected chi connectivity index (χ1v) is 13.0. The number of phosphoric acid groups is 2. The van der Waals surface area contributed by atoms with Crippen molar-refractivity contribution in [1.82, 2.24) is 19.5 Å². The van der Waals surface area contributed by atoms with Crippen LogP contribution in [-0.2, 0) is 23.0 Å². The summed E-state index contributed by atoms with van der Waals surface area (Å²) in [5.41, 5.74) is 6.22. The van der Waals surface area contributed by atoms with Crippen LogP contribution < -0.4 is 5.73 Å². The number of carbonyl (C=O) groups excluding carboxylic acids is 1. The Hall–Kier alpha value is -2.00. The SMILES string of the molecule is Nc1ncnc2c1ncn2[C@@H]1O[C@H](CC(=O)C(O)C(O)C(O)CO)[C@@H](O)[C@H]1O.O=P(O)(O)OP(=O)(O)O. The van der Waals surface area contributed by atoms with Crippen molar-refractivity contribution < 1.29 is 73.2 Å². The molecule has 12 N–H and O–H groups in total. The quantitative estimate of drug-likeness (QED) is 0.125. The zero-order chi connectivity index (χ0) is 28.3. The van der Waals surface area contributed by atoms with Gasteiger partial charge in [0.15, 0.2) is 23.5 Å². The largest absolute Gasteiger partial charge is 0.478 e. The van der Waals surface area contributed by atoms with Gasteiger partial charge in [-0.05, 0) is 0 Å². The summed E-state index contributed by atoms with van der Waals surface area (Å²) in [6.45, 7) is -0.854. The number of aliphatic hydroxyl groups excluding tert-OH is 6. The van der Waals surface area contributed by atoms with Gasteiger partial charge in [0, 0.05) is 6.42 Å². The molecule has 7 atom stereocenters. The average Bonchev–Trinajstić information content (AvgIpc) is 3.32. The molecule has 0 bridgehead atoms. The second-order valence-electron chi connectivity index (χ2n) is 7.55. The standard InChI is InChI=1S/C15H21N5O8.H4O7P2/c16-13-8-14(18-3-17-13)20(4-19-8)15-12(27)11(26)7(28-15)1-5(22)9(24)10(25)6(23)2-21;1-8(2,3)7-9(4,5)6/h3-4,6-7,9-12,15,21,23-27H,1-2H2,(H2,16,17,18);(H2,1,2,3)(H2,4,5,6)/t6?,7-,9?,10?,11-,12-,15-;/m1./s1. The van der Waals surface area contributed by atoms with Crippen molar-refractivity contribution >= 4 is 38.4 Å². The second kappa shape index (κ2) is 12.2. The molecule has 0 radical (unpaired) electrons. The third-order valence-corrected chi connectivity index (χ3v) is 6.55. The van der Waals surface area contributed by atoms with Crippen LogP contribution in [0.25, 0.3) is 11.2 Å². The molecule has 2 aromatic heterocycles. The molecule has 0 aliphatic carbocycles. The lowest BCUT2D eigenvalue weighted by Gasteiger charge is -2.22. The topological polar surface area (TPSA) is 342 Å². The molecule has 3 heterocycles. The summed E-state index contributed by atoms with van der Waals surface area (Å²) in [4.78, 5) is 55.0. The van der Waals surface area contributed by atoms with E-state index in [1.807, 2.05) is 0 Å². The van der Waals surface area contributed by atoms with E-state index in [0.717, 1.165) is 0 Å². The maximum atomic E-state index is 12.1. The molecule has 1 saturated heterocycles. The minimum atomic E-state index is -5.05. The number of hydrogen-bond acceptors (Lipinski definition) is 15. The Kier molecular flexibility index (Phi) is 10.3. The highest BCUT2D eigenvalue weighted by Crippen LogP contribution is 2.53. The van der Waals surface area contributed by atoms with Crippen LogP contribution in [0.2, 0.25) is 0 Å². The number of aromatic nitrogens is 4. The first kappa shape index (κ1) is 31.2. The van der Waals surface area contributed by atoms with E-state index >= 15 is 0 Å². The van der Waals surface area contributed by atoms with E-state index in [4.69, 9.17) is 35.2 Å². The van der Waals surface area contributed by atoms with Crippen molar-refractivity contribution in [2.24, 2.45) is 0 Å². The van der Waals surface area contributed by atoms with E-state index in [-0.39, 0.29) is 17.0 Å². The van der Waals surface area contributed by atoms with E-state index in [0.29, 0.717) is 0 Å². The van der Waals surface area contributed by atoms with Crippen molar-refractivity contribution in [3.63, 3.8) is 0 Å². The predicted octanol–water partition coefficient (Wildman–Crippen LogP) is -4.75. The van der Waals surface area contributed by atoms with Gasteiger partial charge < -0.3 is 60.7 Å². The van der Waals surface area contributed by atoms with Gasteiger partial charge in [0.2, 0.25) is 0 Å². The highest BCUT2D eigenvalue weighted by atomic mass is 31.3. The van der Waals surface area contributed by atoms with Gasteiger partial charge in [0.05, 0.1) is 19.0 Å². The van der Waals surface area contributed by atoms with Crippen molar-refractivity contribution in [3.8, 4) is 0 Å². The fourth-order valence-corrected chi connectivity index (χ4v) is 4.26. The first-order valence-electron chi connectivity index (χ1n) is 9.91. The Bertz CT molecular complexity index is 1150. The summed E-state index contributed by atoms with van der Waals surface area (Å²) in [7, 11) is -10.1. The van der Waals surface area contributed by atoms with Gasteiger partial charge in [-0.2, -0.15) is 4.31 Å². The van der Waals surface area contributed by atoms with Crippen LogP contribution in [0.15, 0.2) is 12.7 Å². The average molecular weight is 577 g/mol. The molecule has 0 saturated carbocycles. The number of hydrogen-bond donors (Lipinski definition) is 11. The van der Waals surface area contributed by atoms with Crippen LogP contribution in [0.1, 0.15) is 12.6 Å². The molecule has 1 fully saturated rings. The van der Waals surface area contributed by atoms with Gasteiger partial charge in [-0.25, -0.2) is 24.1 Å². The second-order valence-corrected chi connectivity index (χ2v) is 10.2. The van der Waals surface area contributed by atoms with Crippen LogP contribution in [-0.4, -0.2) is 119 Å². The zero-order valence-corrected chi connectivity index (χ0v) is 20.2. The molecule has 3 unspecified atom stereocenters. The maximum absolute atomic E-state index is 12.1. The molecule has 0 aromatic carbocycles. The Labute approximate surface area is 206 Å². The van der Waals surface area contributed by atoms with Crippen molar-refractivity contribution in [1.29, 1.82) is 0 Å². The molecule has 3 rings (SSSR count). The number of rotatable bonds is 9. The monoisotopic (exact) mass is 577 g/mol. The molecule has 0 spiro atoms. The van der Waals surface area contributed by atoms with Gasteiger partial charge >= 0.3 is 15.6 Å². The van der Waals surface area contributed by atoms with E-state index in [9.17, 15) is 39.5 Å².